The SMILES string of the molecule is Cc1cc(Nc2nc(C(F)(F)c3ccc(F)cc3)nn3cc(NC(=O)CCN4CCOCC4)c(Cl)c23)n[nH]1. The first kappa shape index (κ1) is 25.9. The summed E-state index contributed by atoms with van der Waals surface area (Å²) in [6, 6.07) is 5.46. The van der Waals surface area contributed by atoms with Gasteiger partial charge in [0.05, 0.1) is 30.1 Å². The quantitative estimate of drug-likeness (QED) is 0.304. The van der Waals surface area contributed by atoms with Crippen LogP contribution in [0, 0.1) is 12.7 Å². The van der Waals surface area contributed by atoms with Crippen LogP contribution in [-0.2, 0) is 15.5 Å². The summed E-state index contributed by atoms with van der Waals surface area (Å²) in [5.74, 6) is -5.21. The number of nitrogens with zero attached hydrogens (tertiary/aromatic N) is 5. The van der Waals surface area contributed by atoms with Crippen LogP contribution in [0.5, 0.6) is 0 Å². The number of alkyl halides is 2. The lowest BCUT2D eigenvalue weighted by atomic mass is 10.1. The van der Waals surface area contributed by atoms with Gasteiger partial charge in [0.25, 0.3) is 0 Å². The van der Waals surface area contributed by atoms with E-state index in [4.69, 9.17) is 16.3 Å². The number of carbonyl (C=O) groups is 1. The number of rotatable bonds is 8. The van der Waals surface area contributed by atoms with E-state index in [-0.39, 0.29) is 34.4 Å². The molecule has 0 bridgehead atoms. The monoisotopic (exact) mass is 548 g/mol. The zero-order chi connectivity index (χ0) is 26.9. The number of ether oxygens (including phenoxy) is 1. The van der Waals surface area contributed by atoms with Crippen molar-refractivity contribution in [2.45, 2.75) is 19.3 Å². The van der Waals surface area contributed by atoms with Crippen LogP contribution < -0.4 is 10.6 Å². The maximum absolute atomic E-state index is 15.4. The van der Waals surface area contributed by atoms with Gasteiger partial charge in [-0.2, -0.15) is 13.9 Å². The van der Waals surface area contributed by atoms with E-state index in [0.717, 1.165) is 47.6 Å². The number of aromatic nitrogens is 5. The molecule has 1 amide bonds. The summed E-state index contributed by atoms with van der Waals surface area (Å²) in [5, 5.41) is 16.5. The van der Waals surface area contributed by atoms with Crippen LogP contribution in [0.3, 0.4) is 0 Å². The number of aryl methyl sites for hydroxylation is 1. The van der Waals surface area contributed by atoms with Gasteiger partial charge in [-0.05, 0) is 31.2 Å². The molecule has 1 aliphatic rings. The van der Waals surface area contributed by atoms with Crippen molar-refractivity contribution in [3.8, 4) is 0 Å². The highest BCUT2D eigenvalue weighted by Crippen LogP contribution is 2.38. The van der Waals surface area contributed by atoms with Gasteiger partial charge in [-0.25, -0.2) is 13.9 Å². The number of carbonyl (C=O) groups excluding carboxylic acids is 1. The summed E-state index contributed by atoms with van der Waals surface area (Å²) in [7, 11) is 0. The van der Waals surface area contributed by atoms with E-state index < -0.39 is 23.1 Å². The third kappa shape index (κ3) is 5.44. The topological polar surface area (TPSA) is 112 Å². The van der Waals surface area contributed by atoms with Crippen molar-refractivity contribution in [2.24, 2.45) is 0 Å². The molecule has 4 heterocycles. The Hall–Kier alpha value is -3.68. The number of aromatic amines is 1. The molecular formula is C24H24ClF3N8O2. The molecule has 3 aromatic heterocycles. The Morgan fingerprint density at radius 3 is 2.66 bits per heavy atom. The highest BCUT2D eigenvalue weighted by atomic mass is 35.5. The van der Waals surface area contributed by atoms with Crippen molar-refractivity contribution in [1.29, 1.82) is 0 Å². The van der Waals surface area contributed by atoms with Crippen LogP contribution in [-0.4, -0.2) is 68.5 Å². The second-order valence-corrected chi connectivity index (χ2v) is 9.21. The van der Waals surface area contributed by atoms with Crippen molar-refractivity contribution < 1.29 is 22.7 Å². The standard InChI is InChI=1S/C24H24ClF3N8O2/c1-14-12-18(33-32-14)30-22-21-20(25)17(29-19(37)6-7-35-8-10-38-11-9-35)13-36(21)34-23(31-22)24(27,28)15-2-4-16(26)5-3-15/h2-5,12-13H,6-11H2,1H3,(H,29,37)(H2,30,31,32,33,34). The van der Waals surface area contributed by atoms with E-state index in [2.05, 4.69) is 35.8 Å². The minimum absolute atomic E-state index is 0.0536. The average molecular weight is 549 g/mol. The van der Waals surface area contributed by atoms with E-state index in [1.807, 2.05) is 0 Å². The number of hydrogen-bond acceptors (Lipinski definition) is 7. The Morgan fingerprint density at radius 1 is 1.24 bits per heavy atom. The number of morpholine rings is 1. The molecule has 3 N–H and O–H groups in total. The van der Waals surface area contributed by atoms with Crippen LogP contribution in [0.2, 0.25) is 5.02 Å². The molecule has 200 valence electrons. The number of nitrogens with one attached hydrogen (secondary N) is 3. The van der Waals surface area contributed by atoms with Crippen molar-refractivity contribution in [2.75, 3.05) is 43.5 Å². The predicted octanol–water partition coefficient (Wildman–Crippen LogP) is 4.10. The minimum Gasteiger partial charge on any atom is -0.379 e. The first-order chi connectivity index (χ1) is 18.2. The molecule has 0 spiro atoms. The molecule has 38 heavy (non-hydrogen) atoms. The highest BCUT2D eigenvalue weighted by molar-refractivity contribution is 6.38. The minimum atomic E-state index is -3.67. The second-order valence-electron chi connectivity index (χ2n) is 8.83. The lowest BCUT2D eigenvalue weighted by molar-refractivity contribution is -0.116. The Bertz CT molecular complexity index is 1450. The normalized spacial score (nSPS) is 14.7. The number of H-pyrrole nitrogens is 1. The molecule has 1 saturated heterocycles. The average Bonchev–Trinajstić information content (AvgIpc) is 3.45. The van der Waals surface area contributed by atoms with Crippen LogP contribution in [0.15, 0.2) is 36.5 Å². The number of anilines is 3. The summed E-state index contributed by atoms with van der Waals surface area (Å²) < 4.78 is 50.7. The predicted molar refractivity (Wildman–Crippen MR) is 135 cm³/mol. The van der Waals surface area contributed by atoms with Crippen LogP contribution in [0.25, 0.3) is 5.52 Å². The number of halogens is 4. The zero-order valence-electron chi connectivity index (χ0n) is 20.3. The van der Waals surface area contributed by atoms with E-state index in [0.29, 0.717) is 25.6 Å². The summed E-state index contributed by atoms with van der Waals surface area (Å²) in [6.07, 6.45) is 1.55. The molecule has 14 heteroatoms. The van der Waals surface area contributed by atoms with Crippen molar-refractivity contribution in [3.63, 3.8) is 0 Å². The lowest BCUT2D eigenvalue weighted by Crippen LogP contribution is -2.38. The van der Waals surface area contributed by atoms with Gasteiger partial charge in [-0.15, -0.1) is 5.10 Å². The van der Waals surface area contributed by atoms with Crippen molar-refractivity contribution >= 4 is 40.3 Å². The van der Waals surface area contributed by atoms with Gasteiger partial charge in [-0.1, -0.05) is 11.6 Å². The van der Waals surface area contributed by atoms with Gasteiger partial charge >= 0.3 is 5.92 Å². The van der Waals surface area contributed by atoms with E-state index in [1.54, 1.807) is 13.0 Å². The highest BCUT2D eigenvalue weighted by Gasteiger charge is 2.39. The number of hydrogen-bond donors (Lipinski definition) is 3. The molecule has 5 rings (SSSR count). The van der Waals surface area contributed by atoms with Crippen LogP contribution in [0.4, 0.5) is 30.5 Å². The maximum Gasteiger partial charge on any atom is 0.333 e. The molecule has 4 aromatic rings. The lowest BCUT2D eigenvalue weighted by Gasteiger charge is -2.26. The summed E-state index contributed by atoms with van der Waals surface area (Å²) in [6.45, 7) is 5.04. The van der Waals surface area contributed by atoms with Gasteiger partial charge in [0.1, 0.15) is 11.3 Å². The molecule has 0 aliphatic carbocycles. The fourth-order valence-electron chi connectivity index (χ4n) is 4.04. The van der Waals surface area contributed by atoms with Gasteiger partial charge in [0.15, 0.2) is 11.6 Å². The first-order valence-electron chi connectivity index (χ1n) is 11.8. The zero-order valence-corrected chi connectivity index (χ0v) is 21.0. The van der Waals surface area contributed by atoms with Crippen molar-refractivity contribution in [3.05, 3.63) is 64.5 Å². The first-order valence-corrected chi connectivity index (χ1v) is 12.2. The molecule has 0 saturated carbocycles. The second kappa shape index (κ2) is 10.6. The van der Waals surface area contributed by atoms with Crippen molar-refractivity contribution in [1.82, 2.24) is 29.7 Å². The van der Waals surface area contributed by atoms with Crippen LogP contribution >= 0.6 is 11.6 Å². The molecule has 0 radical (unpaired) electrons. The summed E-state index contributed by atoms with van der Waals surface area (Å²) in [4.78, 5) is 18.8. The maximum atomic E-state index is 15.4. The Morgan fingerprint density at radius 2 is 1.97 bits per heavy atom. The van der Waals surface area contributed by atoms with Gasteiger partial charge < -0.3 is 15.4 Å². The third-order valence-electron chi connectivity index (χ3n) is 6.04. The Labute approximate surface area is 220 Å². The molecule has 0 atom stereocenters. The molecular weight excluding hydrogens is 525 g/mol. The van der Waals surface area contributed by atoms with E-state index in [1.165, 1.54) is 6.20 Å². The number of amides is 1. The van der Waals surface area contributed by atoms with Crippen LogP contribution in [0.1, 0.15) is 23.5 Å². The summed E-state index contributed by atoms with van der Waals surface area (Å²) >= 11 is 6.59. The van der Waals surface area contributed by atoms with E-state index in [9.17, 15) is 9.18 Å². The molecule has 10 nitrogen and oxygen atoms in total. The molecule has 0 unspecified atom stereocenters. The third-order valence-corrected chi connectivity index (χ3v) is 6.42. The van der Waals surface area contributed by atoms with Gasteiger partial charge in [0, 0.05) is 43.4 Å². The largest absolute Gasteiger partial charge is 0.379 e. The van der Waals surface area contributed by atoms with E-state index >= 15 is 8.78 Å². The van der Waals surface area contributed by atoms with Gasteiger partial charge in [-0.3, -0.25) is 14.8 Å². The molecule has 1 aromatic carbocycles. The Kier molecular flexibility index (Phi) is 7.23. The Balaban J connectivity index is 1.48. The smallest absolute Gasteiger partial charge is 0.333 e. The molecule has 1 aliphatic heterocycles. The molecule has 1 fully saturated rings. The van der Waals surface area contributed by atoms with Gasteiger partial charge in [0.2, 0.25) is 11.7 Å². The summed E-state index contributed by atoms with van der Waals surface area (Å²) in [5.41, 5.74) is 0.588. The number of benzene rings is 1. The fraction of sp³-hybridized carbons (Fsp3) is 0.333. The fourth-order valence-corrected chi connectivity index (χ4v) is 4.31. The number of fused-ring (bicyclic) bond motifs is 1.